The van der Waals surface area contributed by atoms with E-state index in [0.29, 0.717) is 23.5 Å². The van der Waals surface area contributed by atoms with E-state index in [4.69, 9.17) is 4.98 Å². The van der Waals surface area contributed by atoms with Gasteiger partial charge in [0.1, 0.15) is 5.82 Å². The van der Waals surface area contributed by atoms with E-state index < -0.39 is 0 Å². The average molecular weight is 375 g/mol. The summed E-state index contributed by atoms with van der Waals surface area (Å²) in [4.78, 5) is 22.0. The first-order chi connectivity index (χ1) is 13.7. The van der Waals surface area contributed by atoms with Gasteiger partial charge in [0.15, 0.2) is 17.1 Å². The molecule has 0 aromatic carbocycles. The van der Waals surface area contributed by atoms with E-state index in [1.54, 1.807) is 16.9 Å². The van der Waals surface area contributed by atoms with E-state index in [1.807, 2.05) is 42.9 Å². The molecular weight excluding hydrogens is 354 g/mol. The Balaban J connectivity index is 1.70. The molecule has 4 heterocycles. The molecule has 142 valence electrons. The van der Waals surface area contributed by atoms with Gasteiger partial charge >= 0.3 is 0 Å². The minimum Gasteiger partial charge on any atom is -0.385 e. The van der Waals surface area contributed by atoms with Gasteiger partial charge in [-0.25, -0.2) is 9.97 Å². The molecule has 0 aliphatic heterocycles. The van der Waals surface area contributed by atoms with Gasteiger partial charge in [0, 0.05) is 39.0 Å². The molecule has 0 spiro atoms. The van der Waals surface area contributed by atoms with E-state index in [1.165, 1.54) is 0 Å². The van der Waals surface area contributed by atoms with E-state index in [0.717, 1.165) is 41.4 Å². The molecule has 0 bridgehead atoms. The second-order valence-corrected chi connectivity index (χ2v) is 7.14. The summed E-state index contributed by atoms with van der Waals surface area (Å²) in [7, 11) is 3.71. The molecule has 28 heavy (non-hydrogen) atoms. The number of ketones is 1. The Labute approximate surface area is 161 Å². The SMILES string of the molecule is CNc1ccc(-c2cc(NC)n3ncc(C(=O)CC4CC4)c3n2)n2ccnc12. The van der Waals surface area contributed by atoms with Crippen molar-refractivity contribution in [3.05, 3.63) is 42.4 Å². The highest BCUT2D eigenvalue weighted by Crippen LogP contribution is 2.34. The van der Waals surface area contributed by atoms with Crippen molar-refractivity contribution in [1.82, 2.24) is 24.0 Å². The van der Waals surface area contributed by atoms with Crippen LogP contribution in [0.2, 0.25) is 0 Å². The van der Waals surface area contributed by atoms with Crippen LogP contribution in [0.3, 0.4) is 0 Å². The third kappa shape index (κ3) is 2.60. The number of carbonyl (C=O) groups is 1. The minimum absolute atomic E-state index is 0.113. The van der Waals surface area contributed by atoms with Crippen molar-refractivity contribution in [3.63, 3.8) is 0 Å². The van der Waals surface area contributed by atoms with E-state index >= 15 is 0 Å². The van der Waals surface area contributed by atoms with Gasteiger partial charge in [-0.3, -0.25) is 9.20 Å². The monoisotopic (exact) mass is 375 g/mol. The lowest BCUT2D eigenvalue weighted by molar-refractivity contribution is 0.0977. The van der Waals surface area contributed by atoms with Crippen LogP contribution in [-0.4, -0.2) is 43.9 Å². The van der Waals surface area contributed by atoms with Crippen LogP contribution < -0.4 is 10.6 Å². The van der Waals surface area contributed by atoms with Gasteiger partial charge in [0.2, 0.25) is 0 Å². The van der Waals surface area contributed by atoms with Crippen molar-refractivity contribution in [2.24, 2.45) is 5.92 Å². The lowest BCUT2D eigenvalue weighted by Crippen LogP contribution is -2.06. The largest absolute Gasteiger partial charge is 0.385 e. The Morgan fingerprint density at radius 1 is 1.21 bits per heavy atom. The Kier molecular flexibility index (Phi) is 3.78. The number of nitrogens with zero attached hydrogens (tertiary/aromatic N) is 5. The van der Waals surface area contributed by atoms with Crippen LogP contribution in [0.1, 0.15) is 29.6 Å². The Morgan fingerprint density at radius 2 is 2.07 bits per heavy atom. The molecule has 1 saturated carbocycles. The number of aromatic nitrogens is 5. The summed E-state index contributed by atoms with van der Waals surface area (Å²) < 4.78 is 3.68. The third-order valence-corrected chi connectivity index (χ3v) is 5.28. The average Bonchev–Trinajstić information content (AvgIpc) is 3.21. The Hall–Kier alpha value is -3.42. The second kappa shape index (κ2) is 6.33. The van der Waals surface area contributed by atoms with E-state index in [9.17, 15) is 4.79 Å². The molecule has 8 nitrogen and oxygen atoms in total. The Bertz CT molecular complexity index is 1200. The molecular formula is C20H21N7O. The number of hydrogen-bond donors (Lipinski definition) is 2. The Morgan fingerprint density at radius 3 is 2.82 bits per heavy atom. The summed E-state index contributed by atoms with van der Waals surface area (Å²) in [5, 5.41) is 10.7. The molecule has 0 radical (unpaired) electrons. The van der Waals surface area contributed by atoms with Gasteiger partial charge < -0.3 is 10.6 Å². The van der Waals surface area contributed by atoms with Crippen molar-refractivity contribution in [1.29, 1.82) is 0 Å². The van der Waals surface area contributed by atoms with Gasteiger partial charge in [0.25, 0.3) is 0 Å². The summed E-state index contributed by atoms with van der Waals surface area (Å²) in [6.07, 6.45) is 8.16. The smallest absolute Gasteiger partial charge is 0.168 e. The summed E-state index contributed by atoms with van der Waals surface area (Å²) in [6, 6.07) is 5.92. The molecule has 0 atom stereocenters. The molecule has 4 aromatic rings. The molecule has 4 aromatic heterocycles. The first-order valence-corrected chi connectivity index (χ1v) is 9.43. The molecule has 5 rings (SSSR count). The van der Waals surface area contributed by atoms with E-state index in [2.05, 4.69) is 20.7 Å². The summed E-state index contributed by atoms with van der Waals surface area (Å²) in [6.45, 7) is 0. The lowest BCUT2D eigenvalue weighted by Gasteiger charge is -2.11. The van der Waals surface area contributed by atoms with Crippen molar-refractivity contribution < 1.29 is 4.79 Å². The van der Waals surface area contributed by atoms with Crippen molar-refractivity contribution in [3.8, 4) is 11.4 Å². The molecule has 1 aliphatic carbocycles. The highest BCUT2D eigenvalue weighted by molar-refractivity contribution is 6.02. The summed E-state index contributed by atoms with van der Waals surface area (Å²) in [5.74, 6) is 1.41. The predicted octanol–water partition coefficient (Wildman–Crippen LogP) is 3.11. The first-order valence-electron chi connectivity index (χ1n) is 9.43. The van der Waals surface area contributed by atoms with E-state index in [-0.39, 0.29) is 5.78 Å². The number of imidazole rings is 1. The quantitative estimate of drug-likeness (QED) is 0.504. The standard InChI is InChI=1S/C20H21N7O/c1-21-14-5-6-16(26-8-7-23-20(14)26)15-10-18(22-2)27-19(25-15)13(11-24-27)17(28)9-12-3-4-12/h5-8,10-12,21-22H,3-4,9H2,1-2H3. The zero-order valence-corrected chi connectivity index (χ0v) is 15.8. The minimum atomic E-state index is 0.113. The summed E-state index contributed by atoms with van der Waals surface area (Å²) >= 11 is 0. The normalized spacial score (nSPS) is 13.9. The fraction of sp³-hybridized carbons (Fsp3) is 0.300. The van der Waals surface area contributed by atoms with Gasteiger partial charge in [-0.2, -0.15) is 9.61 Å². The topological polar surface area (TPSA) is 88.6 Å². The highest BCUT2D eigenvalue weighted by Gasteiger charge is 2.27. The van der Waals surface area contributed by atoms with Gasteiger partial charge in [-0.15, -0.1) is 0 Å². The van der Waals surface area contributed by atoms with Crippen LogP contribution in [0.5, 0.6) is 0 Å². The zero-order valence-electron chi connectivity index (χ0n) is 15.8. The van der Waals surface area contributed by atoms with Crippen LogP contribution in [0, 0.1) is 5.92 Å². The van der Waals surface area contributed by atoms with Gasteiger partial charge in [-0.05, 0) is 30.9 Å². The van der Waals surface area contributed by atoms with Crippen molar-refractivity contribution >= 4 is 28.6 Å². The maximum atomic E-state index is 12.7. The summed E-state index contributed by atoms with van der Waals surface area (Å²) in [5.41, 5.74) is 4.58. The fourth-order valence-corrected chi connectivity index (χ4v) is 3.58. The maximum absolute atomic E-state index is 12.7. The van der Waals surface area contributed by atoms with Crippen LogP contribution in [-0.2, 0) is 0 Å². The van der Waals surface area contributed by atoms with Crippen LogP contribution in [0.25, 0.3) is 22.7 Å². The number of Topliss-reactive ketones (excluding diaryl/α,β-unsaturated/α-hetero) is 1. The van der Waals surface area contributed by atoms with Crippen LogP contribution >= 0.6 is 0 Å². The fourth-order valence-electron chi connectivity index (χ4n) is 3.58. The molecule has 8 heteroatoms. The van der Waals surface area contributed by atoms with Crippen molar-refractivity contribution in [2.45, 2.75) is 19.3 Å². The lowest BCUT2D eigenvalue weighted by atomic mass is 10.1. The maximum Gasteiger partial charge on any atom is 0.168 e. The molecule has 0 unspecified atom stereocenters. The zero-order chi connectivity index (χ0) is 19.3. The number of nitrogens with one attached hydrogen (secondary N) is 2. The molecule has 1 fully saturated rings. The van der Waals surface area contributed by atoms with Crippen LogP contribution in [0.15, 0.2) is 36.8 Å². The van der Waals surface area contributed by atoms with Crippen LogP contribution in [0.4, 0.5) is 11.5 Å². The van der Waals surface area contributed by atoms with Crippen molar-refractivity contribution in [2.75, 3.05) is 24.7 Å². The van der Waals surface area contributed by atoms with Gasteiger partial charge in [-0.1, -0.05) is 0 Å². The van der Waals surface area contributed by atoms with Gasteiger partial charge in [0.05, 0.1) is 28.8 Å². The molecule has 0 amide bonds. The predicted molar refractivity (Wildman–Crippen MR) is 108 cm³/mol. The first kappa shape index (κ1) is 16.7. The molecule has 0 saturated heterocycles. The number of anilines is 2. The number of hydrogen-bond acceptors (Lipinski definition) is 6. The second-order valence-electron chi connectivity index (χ2n) is 7.14. The molecule has 2 N–H and O–H groups in total. The number of pyridine rings is 1. The number of rotatable bonds is 6. The number of fused-ring (bicyclic) bond motifs is 2. The molecule has 1 aliphatic rings. The third-order valence-electron chi connectivity index (χ3n) is 5.28. The highest BCUT2D eigenvalue weighted by atomic mass is 16.1. The number of carbonyl (C=O) groups excluding carboxylic acids is 1.